The predicted octanol–water partition coefficient (Wildman–Crippen LogP) is 3.36. The van der Waals surface area contributed by atoms with E-state index in [-0.39, 0.29) is 18.9 Å². The second kappa shape index (κ2) is 8.90. The smallest absolute Gasteiger partial charge is 0.232 e. The molecule has 27 heavy (non-hydrogen) atoms. The summed E-state index contributed by atoms with van der Waals surface area (Å²) in [6.07, 6.45) is 1.90. The Hall–Kier alpha value is -2.54. The van der Waals surface area contributed by atoms with Crippen LogP contribution in [0.2, 0.25) is 0 Å². The molecule has 0 heterocycles. The Labute approximate surface area is 161 Å². The Kier molecular flexibility index (Phi) is 6.85. The number of nitrogens with zero attached hydrogens (tertiary/aromatic N) is 1. The van der Waals surface area contributed by atoms with Crippen LogP contribution in [0.15, 0.2) is 42.5 Å². The zero-order valence-electron chi connectivity index (χ0n) is 16.2. The van der Waals surface area contributed by atoms with E-state index in [9.17, 15) is 13.2 Å². The quantitative estimate of drug-likeness (QED) is 0.750. The molecule has 0 aromatic heterocycles. The maximum Gasteiger partial charge on any atom is 0.232 e. The van der Waals surface area contributed by atoms with Gasteiger partial charge < -0.3 is 10.1 Å². The number of carbonyl (C=O) groups excluding carboxylic acids is 1. The monoisotopic (exact) mass is 390 g/mol. The van der Waals surface area contributed by atoms with Gasteiger partial charge in [0.25, 0.3) is 0 Å². The fourth-order valence-electron chi connectivity index (χ4n) is 2.97. The number of benzene rings is 2. The Balaban J connectivity index is 2.20. The maximum atomic E-state index is 12.4. The molecule has 0 spiro atoms. The first-order valence-corrected chi connectivity index (χ1v) is 10.6. The summed E-state index contributed by atoms with van der Waals surface area (Å²) in [5.74, 6) is 0.276. The van der Waals surface area contributed by atoms with Crippen LogP contribution in [-0.2, 0) is 21.2 Å². The molecule has 0 radical (unpaired) electrons. The standard InChI is InChI=1S/C20H26N2O4S/c1-5-16-10-8-9-15(2)20(16)22(27(4,24)25)14-13-19(23)21-17-11-6-7-12-18(17)26-3/h6-12H,5,13-14H2,1-4H3,(H,21,23). The molecular weight excluding hydrogens is 364 g/mol. The molecule has 6 nitrogen and oxygen atoms in total. The average molecular weight is 391 g/mol. The molecule has 1 amide bonds. The number of hydrogen-bond donors (Lipinski definition) is 1. The zero-order chi connectivity index (χ0) is 20.0. The number of hydrogen-bond acceptors (Lipinski definition) is 4. The fourth-order valence-corrected chi connectivity index (χ4v) is 3.98. The number of amides is 1. The van der Waals surface area contributed by atoms with Crippen molar-refractivity contribution in [1.29, 1.82) is 0 Å². The lowest BCUT2D eigenvalue weighted by Crippen LogP contribution is -2.34. The van der Waals surface area contributed by atoms with Crippen LogP contribution in [0.25, 0.3) is 0 Å². The van der Waals surface area contributed by atoms with Gasteiger partial charge in [0.05, 0.1) is 24.7 Å². The van der Waals surface area contributed by atoms with Crippen molar-refractivity contribution in [3.63, 3.8) is 0 Å². The van der Waals surface area contributed by atoms with E-state index in [2.05, 4.69) is 5.32 Å². The molecule has 0 fully saturated rings. The summed E-state index contributed by atoms with van der Waals surface area (Å²) in [4.78, 5) is 12.4. The fraction of sp³-hybridized carbons (Fsp3) is 0.350. The van der Waals surface area contributed by atoms with Gasteiger partial charge in [-0.3, -0.25) is 9.10 Å². The molecule has 0 bridgehead atoms. The third kappa shape index (κ3) is 5.23. The van der Waals surface area contributed by atoms with E-state index >= 15 is 0 Å². The third-order valence-electron chi connectivity index (χ3n) is 4.27. The SMILES string of the molecule is CCc1cccc(C)c1N(CCC(=O)Nc1ccccc1OC)S(C)(=O)=O. The molecule has 2 aromatic rings. The van der Waals surface area contributed by atoms with Gasteiger partial charge in [0, 0.05) is 13.0 Å². The molecular formula is C20H26N2O4S. The van der Waals surface area contributed by atoms with E-state index in [1.165, 1.54) is 11.4 Å². The first kappa shape index (κ1) is 20.8. The lowest BCUT2D eigenvalue weighted by molar-refractivity contribution is -0.116. The first-order chi connectivity index (χ1) is 12.8. The maximum absolute atomic E-state index is 12.4. The topological polar surface area (TPSA) is 75.7 Å². The lowest BCUT2D eigenvalue weighted by atomic mass is 10.1. The Morgan fingerprint density at radius 3 is 2.48 bits per heavy atom. The molecule has 7 heteroatoms. The largest absolute Gasteiger partial charge is 0.495 e. The molecule has 146 valence electrons. The molecule has 0 aliphatic rings. The zero-order valence-corrected chi connectivity index (χ0v) is 17.0. The van der Waals surface area contributed by atoms with Gasteiger partial charge in [-0.25, -0.2) is 8.42 Å². The number of rotatable bonds is 8. The van der Waals surface area contributed by atoms with Crippen molar-refractivity contribution < 1.29 is 17.9 Å². The Morgan fingerprint density at radius 2 is 1.85 bits per heavy atom. The number of sulfonamides is 1. The number of methoxy groups -OCH3 is 1. The number of nitrogens with one attached hydrogen (secondary N) is 1. The minimum absolute atomic E-state index is 0.0304. The van der Waals surface area contributed by atoms with E-state index in [1.54, 1.807) is 18.2 Å². The number of carbonyl (C=O) groups is 1. The summed E-state index contributed by atoms with van der Waals surface area (Å²) in [6.45, 7) is 3.92. The van der Waals surface area contributed by atoms with Crippen LogP contribution < -0.4 is 14.4 Å². The van der Waals surface area contributed by atoms with Crippen molar-refractivity contribution in [2.75, 3.05) is 29.5 Å². The van der Waals surface area contributed by atoms with Gasteiger partial charge in [0.2, 0.25) is 15.9 Å². The van der Waals surface area contributed by atoms with Crippen molar-refractivity contribution in [3.05, 3.63) is 53.6 Å². The molecule has 0 saturated heterocycles. The van der Waals surface area contributed by atoms with Gasteiger partial charge >= 0.3 is 0 Å². The summed E-state index contributed by atoms with van der Waals surface area (Å²) in [7, 11) is -2.00. The van der Waals surface area contributed by atoms with Crippen LogP contribution in [0.3, 0.4) is 0 Å². The first-order valence-electron chi connectivity index (χ1n) is 8.77. The second-order valence-electron chi connectivity index (χ2n) is 6.27. The number of anilines is 2. The van der Waals surface area contributed by atoms with Crippen molar-refractivity contribution in [1.82, 2.24) is 0 Å². The minimum Gasteiger partial charge on any atom is -0.495 e. The number of aryl methyl sites for hydroxylation is 2. The van der Waals surface area contributed by atoms with Gasteiger partial charge in [0.15, 0.2) is 0 Å². The van der Waals surface area contributed by atoms with E-state index in [4.69, 9.17) is 4.74 Å². The predicted molar refractivity (Wildman–Crippen MR) is 109 cm³/mol. The van der Waals surface area contributed by atoms with Crippen molar-refractivity contribution >= 4 is 27.3 Å². The van der Waals surface area contributed by atoms with Gasteiger partial charge in [-0.15, -0.1) is 0 Å². The minimum atomic E-state index is -3.53. The van der Waals surface area contributed by atoms with E-state index in [1.807, 2.05) is 38.1 Å². The molecule has 0 aliphatic heterocycles. The van der Waals surface area contributed by atoms with E-state index < -0.39 is 10.0 Å². The van der Waals surface area contributed by atoms with Crippen LogP contribution in [-0.4, -0.2) is 34.2 Å². The summed E-state index contributed by atoms with van der Waals surface area (Å²) in [6, 6.07) is 12.8. The van der Waals surface area contributed by atoms with Crippen LogP contribution in [0, 0.1) is 6.92 Å². The molecule has 1 N–H and O–H groups in total. The molecule has 0 saturated carbocycles. The highest BCUT2D eigenvalue weighted by Crippen LogP contribution is 2.28. The van der Waals surface area contributed by atoms with Crippen molar-refractivity contribution in [3.8, 4) is 5.75 Å². The second-order valence-corrected chi connectivity index (χ2v) is 8.18. The molecule has 0 aliphatic carbocycles. The van der Waals surface area contributed by atoms with Crippen LogP contribution >= 0.6 is 0 Å². The summed E-state index contributed by atoms with van der Waals surface area (Å²) in [5.41, 5.74) is 3.02. The highest BCUT2D eigenvalue weighted by Gasteiger charge is 2.22. The van der Waals surface area contributed by atoms with E-state index in [0.29, 0.717) is 23.5 Å². The highest BCUT2D eigenvalue weighted by atomic mass is 32.2. The van der Waals surface area contributed by atoms with Gasteiger partial charge in [-0.2, -0.15) is 0 Å². The van der Waals surface area contributed by atoms with E-state index in [0.717, 1.165) is 17.4 Å². The number of para-hydroxylation sites is 3. The van der Waals surface area contributed by atoms with Gasteiger partial charge in [-0.05, 0) is 36.6 Å². The average Bonchev–Trinajstić information content (AvgIpc) is 2.62. The molecule has 2 rings (SSSR count). The van der Waals surface area contributed by atoms with Crippen LogP contribution in [0.5, 0.6) is 5.75 Å². The molecule has 0 atom stereocenters. The van der Waals surface area contributed by atoms with Crippen molar-refractivity contribution in [2.45, 2.75) is 26.7 Å². The summed E-state index contributed by atoms with van der Waals surface area (Å²) < 4.78 is 31.3. The normalized spacial score (nSPS) is 11.1. The van der Waals surface area contributed by atoms with Crippen LogP contribution in [0.1, 0.15) is 24.5 Å². The number of ether oxygens (including phenoxy) is 1. The van der Waals surface area contributed by atoms with Crippen molar-refractivity contribution in [2.24, 2.45) is 0 Å². The third-order valence-corrected chi connectivity index (χ3v) is 5.44. The highest BCUT2D eigenvalue weighted by molar-refractivity contribution is 7.92. The van der Waals surface area contributed by atoms with Gasteiger partial charge in [0.1, 0.15) is 5.75 Å². The molecule has 0 unspecified atom stereocenters. The molecule has 2 aromatic carbocycles. The Bertz CT molecular complexity index is 910. The van der Waals surface area contributed by atoms with Gasteiger partial charge in [-0.1, -0.05) is 37.3 Å². The summed E-state index contributed by atoms with van der Waals surface area (Å²) >= 11 is 0. The van der Waals surface area contributed by atoms with Crippen LogP contribution in [0.4, 0.5) is 11.4 Å². The summed E-state index contributed by atoms with van der Waals surface area (Å²) in [5, 5.41) is 2.78. The lowest BCUT2D eigenvalue weighted by Gasteiger charge is -2.26. The Morgan fingerprint density at radius 1 is 1.15 bits per heavy atom.